The van der Waals surface area contributed by atoms with Crippen LogP contribution in [-0.4, -0.2) is 34.3 Å². The predicted molar refractivity (Wildman–Crippen MR) is 94.3 cm³/mol. The molecule has 4 rings (SSSR count). The molecule has 0 bridgehead atoms. The molecule has 4 amide bonds. The summed E-state index contributed by atoms with van der Waals surface area (Å²) in [6.45, 7) is 1.54. The maximum atomic E-state index is 13.0. The number of aromatic nitrogens is 1. The number of hydrogen-bond acceptors (Lipinski definition) is 4. The van der Waals surface area contributed by atoms with Crippen molar-refractivity contribution in [2.24, 2.45) is 0 Å². The lowest BCUT2D eigenvalue weighted by molar-refractivity contribution is -0.134. The molecule has 0 unspecified atom stereocenters. The lowest BCUT2D eigenvalue weighted by Crippen LogP contribution is -2.43. The predicted octanol–water partition coefficient (Wildman–Crippen LogP) is 1.72. The van der Waals surface area contributed by atoms with Crippen LogP contribution in [0.3, 0.4) is 0 Å². The van der Waals surface area contributed by atoms with E-state index in [9.17, 15) is 14.4 Å². The first-order valence-corrected chi connectivity index (χ1v) is 8.44. The van der Waals surface area contributed by atoms with Gasteiger partial charge in [0.2, 0.25) is 5.91 Å². The van der Waals surface area contributed by atoms with Gasteiger partial charge in [0, 0.05) is 6.20 Å². The van der Waals surface area contributed by atoms with E-state index in [1.165, 1.54) is 0 Å². The Kier molecular flexibility index (Phi) is 3.72. The summed E-state index contributed by atoms with van der Waals surface area (Å²) in [4.78, 5) is 42.7. The first-order chi connectivity index (χ1) is 12.5. The number of hydrogen-bond donors (Lipinski definition) is 2. The Morgan fingerprint density at radius 3 is 2.92 bits per heavy atom. The summed E-state index contributed by atoms with van der Waals surface area (Å²) < 4.78 is 0. The molecule has 26 heavy (non-hydrogen) atoms. The van der Waals surface area contributed by atoms with Crippen molar-refractivity contribution in [1.82, 2.24) is 15.2 Å². The molecule has 132 valence electrons. The highest BCUT2D eigenvalue weighted by atomic mass is 16.2. The second-order valence-electron chi connectivity index (χ2n) is 6.65. The van der Waals surface area contributed by atoms with E-state index in [1.807, 2.05) is 37.3 Å². The molecule has 1 aromatic heterocycles. The molecular formula is C19H18N4O3. The Balaban J connectivity index is 1.53. The minimum absolute atomic E-state index is 0.343. The van der Waals surface area contributed by atoms with E-state index >= 15 is 0 Å². The van der Waals surface area contributed by atoms with E-state index in [0.29, 0.717) is 12.2 Å². The summed E-state index contributed by atoms with van der Waals surface area (Å²) >= 11 is 0. The van der Waals surface area contributed by atoms with Crippen molar-refractivity contribution >= 4 is 23.7 Å². The Labute approximate surface area is 150 Å². The summed E-state index contributed by atoms with van der Waals surface area (Å²) in [6.07, 6.45) is 2.81. The molecule has 7 heteroatoms. The lowest BCUT2D eigenvalue weighted by atomic mass is 9.92. The Morgan fingerprint density at radius 1 is 1.31 bits per heavy atom. The summed E-state index contributed by atoms with van der Waals surface area (Å²) in [7, 11) is 0. The van der Waals surface area contributed by atoms with E-state index in [4.69, 9.17) is 0 Å². The van der Waals surface area contributed by atoms with Crippen molar-refractivity contribution in [3.05, 3.63) is 59.3 Å². The van der Waals surface area contributed by atoms with E-state index in [2.05, 4.69) is 15.6 Å². The number of fused-ring (bicyclic) bond motifs is 2. The van der Waals surface area contributed by atoms with Crippen molar-refractivity contribution in [3.63, 3.8) is 0 Å². The van der Waals surface area contributed by atoms with Crippen molar-refractivity contribution in [3.8, 4) is 0 Å². The largest absolute Gasteiger partial charge is 0.325 e. The standard InChI is InChI=1S/C19H18N4O3/c1-12-7-9-20-15(10-12)21-16(24)11-23-17(25)19(22-18(23)26)8-6-13-4-2-3-5-14(13)19/h2-5,7,9-10H,6,8,11H2,1H3,(H,22,26)(H,20,21,24)/t19-/m0/s1. The van der Waals surface area contributed by atoms with Crippen molar-refractivity contribution in [2.75, 3.05) is 11.9 Å². The maximum absolute atomic E-state index is 13.0. The zero-order valence-electron chi connectivity index (χ0n) is 14.3. The van der Waals surface area contributed by atoms with E-state index in [0.717, 1.165) is 28.0 Å². The van der Waals surface area contributed by atoms with Gasteiger partial charge in [-0.3, -0.25) is 14.5 Å². The molecule has 0 radical (unpaired) electrons. The van der Waals surface area contributed by atoms with E-state index in [-0.39, 0.29) is 12.5 Å². The van der Waals surface area contributed by atoms with Gasteiger partial charge >= 0.3 is 6.03 Å². The highest BCUT2D eigenvalue weighted by Crippen LogP contribution is 2.41. The number of urea groups is 1. The van der Waals surface area contributed by atoms with Crippen LogP contribution in [0.1, 0.15) is 23.1 Å². The van der Waals surface area contributed by atoms with Gasteiger partial charge in [-0.2, -0.15) is 0 Å². The number of anilines is 1. The van der Waals surface area contributed by atoms with Gasteiger partial charge in [-0.15, -0.1) is 0 Å². The zero-order chi connectivity index (χ0) is 18.3. The van der Waals surface area contributed by atoms with Gasteiger partial charge in [0.1, 0.15) is 17.9 Å². The number of carbonyl (C=O) groups is 3. The molecule has 2 aliphatic rings. The normalized spacial score (nSPS) is 21.0. The molecule has 1 fully saturated rings. The van der Waals surface area contributed by atoms with Crippen LogP contribution >= 0.6 is 0 Å². The summed E-state index contributed by atoms with van der Waals surface area (Å²) in [5.41, 5.74) is 1.78. The topological polar surface area (TPSA) is 91.4 Å². The number of pyridine rings is 1. The fraction of sp³-hybridized carbons (Fsp3) is 0.263. The van der Waals surface area contributed by atoms with Gasteiger partial charge < -0.3 is 10.6 Å². The number of rotatable bonds is 3. The SMILES string of the molecule is Cc1ccnc(NC(=O)CN2C(=O)N[C@]3(CCc4ccccc43)C2=O)c1. The average Bonchev–Trinajstić information content (AvgIpc) is 3.09. The highest BCUT2D eigenvalue weighted by Gasteiger charge is 2.55. The quantitative estimate of drug-likeness (QED) is 0.825. The third-order valence-corrected chi connectivity index (χ3v) is 4.91. The Hall–Kier alpha value is -3.22. The number of imide groups is 1. The van der Waals surface area contributed by atoms with Gasteiger partial charge in [0.25, 0.3) is 5.91 Å². The molecule has 1 atom stereocenters. The Morgan fingerprint density at radius 2 is 2.12 bits per heavy atom. The fourth-order valence-electron chi connectivity index (χ4n) is 3.66. The van der Waals surface area contributed by atoms with Crippen molar-refractivity contribution in [2.45, 2.75) is 25.3 Å². The number of nitrogens with zero attached hydrogens (tertiary/aromatic N) is 2. The number of amides is 4. The first kappa shape index (κ1) is 16.3. The van der Waals surface area contributed by atoms with Crippen LogP contribution in [0.25, 0.3) is 0 Å². The van der Waals surface area contributed by atoms with Crippen LogP contribution in [0, 0.1) is 6.92 Å². The minimum atomic E-state index is -1.05. The zero-order valence-corrected chi connectivity index (χ0v) is 14.3. The number of carbonyl (C=O) groups excluding carboxylic acids is 3. The highest BCUT2D eigenvalue weighted by molar-refractivity contribution is 6.10. The molecule has 1 aliphatic carbocycles. The molecule has 2 N–H and O–H groups in total. The third kappa shape index (κ3) is 2.52. The summed E-state index contributed by atoms with van der Waals surface area (Å²) in [5, 5.41) is 5.43. The summed E-state index contributed by atoms with van der Waals surface area (Å²) in [6, 6.07) is 10.6. The van der Waals surface area contributed by atoms with Crippen molar-refractivity contribution < 1.29 is 14.4 Å². The fourth-order valence-corrected chi connectivity index (χ4v) is 3.66. The Bertz CT molecular complexity index is 927. The van der Waals surface area contributed by atoms with Crippen LogP contribution in [0.5, 0.6) is 0 Å². The van der Waals surface area contributed by atoms with Crippen LogP contribution < -0.4 is 10.6 Å². The van der Waals surface area contributed by atoms with Gasteiger partial charge in [0.15, 0.2) is 0 Å². The van der Waals surface area contributed by atoms with Crippen LogP contribution in [0.2, 0.25) is 0 Å². The molecule has 1 saturated heterocycles. The van der Waals surface area contributed by atoms with Gasteiger partial charge in [0.05, 0.1) is 0 Å². The molecular weight excluding hydrogens is 332 g/mol. The van der Waals surface area contributed by atoms with E-state index < -0.39 is 17.5 Å². The second-order valence-corrected chi connectivity index (χ2v) is 6.65. The minimum Gasteiger partial charge on any atom is -0.319 e. The monoisotopic (exact) mass is 350 g/mol. The van der Waals surface area contributed by atoms with Crippen LogP contribution in [0.4, 0.5) is 10.6 Å². The lowest BCUT2D eigenvalue weighted by Gasteiger charge is -2.22. The molecule has 1 spiro atoms. The van der Waals surface area contributed by atoms with Gasteiger partial charge in [-0.25, -0.2) is 9.78 Å². The van der Waals surface area contributed by atoms with Crippen molar-refractivity contribution in [1.29, 1.82) is 0 Å². The summed E-state index contributed by atoms with van der Waals surface area (Å²) in [5.74, 6) is -0.447. The second kappa shape index (κ2) is 5.94. The molecule has 2 heterocycles. The molecule has 2 aromatic rings. The van der Waals surface area contributed by atoms with Crippen LogP contribution in [0.15, 0.2) is 42.6 Å². The van der Waals surface area contributed by atoms with E-state index in [1.54, 1.807) is 12.3 Å². The third-order valence-electron chi connectivity index (χ3n) is 4.91. The number of benzene rings is 1. The molecule has 1 aromatic carbocycles. The molecule has 0 saturated carbocycles. The van der Waals surface area contributed by atoms with Gasteiger partial charge in [-0.05, 0) is 48.6 Å². The number of nitrogens with one attached hydrogen (secondary N) is 2. The van der Waals surface area contributed by atoms with Crippen LogP contribution in [-0.2, 0) is 21.5 Å². The first-order valence-electron chi connectivity index (χ1n) is 8.44. The van der Waals surface area contributed by atoms with Gasteiger partial charge in [-0.1, -0.05) is 24.3 Å². The smallest absolute Gasteiger partial charge is 0.319 e. The average molecular weight is 350 g/mol. The molecule has 1 aliphatic heterocycles. The molecule has 7 nitrogen and oxygen atoms in total. The maximum Gasteiger partial charge on any atom is 0.325 e. The number of aryl methyl sites for hydroxylation is 2.